The van der Waals surface area contributed by atoms with Gasteiger partial charge in [-0.1, -0.05) is 18.2 Å². The number of hydrogen-bond acceptors (Lipinski definition) is 3. The molecule has 1 aromatic rings. The highest BCUT2D eigenvalue weighted by molar-refractivity contribution is 5.37. The van der Waals surface area contributed by atoms with Gasteiger partial charge >= 0.3 is 0 Å². The van der Waals surface area contributed by atoms with Crippen molar-refractivity contribution < 1.29 is 9.47 Å². The van der Waals surface area contributed by atoms with E-state index >= 15 is 0 Å². The molecule has 2 unspecified atom stereocenters. The quantitative estimate of drug-likeness (QED) is 0.920. The Hall–Kier alpha value is -1.06. The van der Waals surface area contributed by atoms with Gasteiger partial charge in [-0.05, 0) is 45.7 Å². The van der Waals surface area contributed by atoms with Crippen molar-refractivity contribution in [2.24, 2.45) is 0 Å². The van der Waals surface area contributed by atoms with Crippen LogP contribution in [0.3, 0.4) is 0 Å². The Bertz CT molecular complexity index is 471. The molecule has 1 aromatic carbocycles. The van der Waals surface area contributed by atoms with Crippen molar-refractivity contribution in [2.45, 2.75) is 63.9 Å². The molecule has 3 nitrogen and oxygen atoms in total. The maximum absolute atomic E-state index is 6.12. The third kappa shape index (κ3) is 2.70. The summed E-state index contributed by atoms with van der Waals surface area (Å²) >= 11 is 0. The molecule has 3 heteroatoms. The number of para-hydroxylation sites is 1. The molecule has 1 N–H and O–H groups in total. The molecule has 0 aliphatic carbocycles. The Morgan fingerprint density at radius 1 is 1.20 bits per heavy atom. The minimum atomic E-state index is -0.116. The molecule has 0 saturated carbocycles. The fraction of sp³-hybridized carbons (Fsp3) is 0.647. The van der Waals surface area contributed by atoms with Crippen LogP contribution in [0.4, 0.5) is 0 Å². The van der Waals surface area contributed by atoms with Gasteiger partial charge in [0.15, 0.2) is 0 Å². The zero-order chi connectivity index (χ0) is 14.4. The van der Waals surface area contributed by atoms with Crippen LogP contribution in [0.5, 0.6) is 5.75 Å². The molecule has 1 saturated heterocycles. The highest BCUT2D eigenvalue weighted by Crippen LogP contribution is 2.37. The molecule has 20 heavy (non-hydrogen) atoms. The smallest absolute Gasteiger partial charge is 0.123 e. The van der Waals surface area contributed by atoms with Crippen molar-refractivity contribution >= 4 is 0 Å². The molecule has 0 radical (unpaired) electrons. The van der Waals surface area contributed by atoms with Crippen LogP contribution in [0, 0.1) is 0 Å². The minimum absolute atomic E-state index is 0.0410. The van der Waals surface area contributed by atoms with Crippen molar-refractivity contribution in [1.82, 2.24) is 5.32 Å². The molecular weight excluding hydrogens is 250 g/mol. The summed E-state index contributed by atoms with van der Waals surface area (Å²) in [6.45, 7) is 9.55. The molecule has 2 atom stereocenters. The van der Waals surface area contributed by atoms with Gasteiger partial charge in [-0.15, -0.1) is 0 Å². The summed E-state index contributed by atoms with van der Waals surface area (Å²) in [7, 11) is 0. The highest BCUT2D eigenvalue weighted by Gasteiger charge is 2.45. The summed E-state index contributed by atoms with van der Waals surface area (Å²) in [5.41, 5.74) is 1.16. The average Bonchev–Trinajstić information content (AvgIpc) is 2.83. The minimum Gasteiger partial charge on any atom is -0.488 e. The largest absolute Gasteiger partial charge is 0.488 e. The molecule has 3 rings (SSSR count). The maximum atomic E-state index is 6.12. The molecule has 0 spiro atoms. The van der Waals surface area contributed by atoms with E-state index in [2.05, 4.69) is 51.2 Å². The van der Waals surface area contributed by atoms with Crippen LogP contribution >= 0.6 is 0 Å². The molecule has 1 fully saturated rings. The average molecular weight is 275 g/mol. The lowest BCUT2D eigenvalue weighted by Crippen LogP contribution is -2.46. The molecule has 110 valence electrons. The standard InChI is InChI=1S/C17H25NO2/c1-16(2)10-15(17(3,4)20-16)18-11-13-9-12-7-5-6-8-14(12)19-13/h5-8,13,15,18H,9-11H2,1-4H3. The Labute approximate surface area is 121 Å². The first-order chi connectivity index (χ1) is 9.36. The van der Waals surface area contributed by atoms with Gasteiger partial charge in [0.1, 0.15) is 11.9 Å². The van der Waals surface area contributed by atoms with Crippen LogP contribution in [0.2, 0.25) is 0 Å². The summed E-state index contributed by atoms with van der Waals surface area (Å²) in [6.07, 6.45) is 2.28. The number of benzene rings is 1. The van der Waals surface area contributed by atoms with E-state index in [1.807, 2.05) is 6.07 Å². The number of fused-ring (bicyclic) bond motifs is 1. The first kappa shape index (κ1) is 13.9. The number of ether oxygens (including phenoxy) is 2. The zero-order valence-corrected chi connectivity index (χ0v) is 12.9. The third-order valence-electron chi connectivity index (χ3n) is 4.38. The van der Waals surface area contributed by atoms with E-state index in [0.29, 0.717) is 6.04 Å². The van der Waals surface area contributed by atoms with Crippen LogP contribution in [0.15, 0.2) is 24.3 Å². The fourth-order valence-corrected chi connectivity index (χ4v) is 3.52. The lowest BCUT2D eigenvalue weighted by molar-refractivity contribution is -0.0700. The van der Waals surface area contributed by atoms with Crippen molar-refractivity contribution in [3.8, 4) is 5.75 Å². The molecule has 0 bridgehead atoms. The van der Waals surface area contributed by atoms with Crippen molar-refractivity contribution in [3.05, 3.63) is 29.8 Å². The SMILES string of the molecule is CC1(C)CC(NCC2Cc3ccccc3O2)C(C)(C)O1. The van der Waals surface area contributed by atoms with Crippen molar-refractivity contribution in [2.75, 3.05) is 6.54 Å². The lowest BCUT2D eigenvalue weighted by atomic mass is 9.94. The first-order valence-electron chi connectivity index (χ1n) is 7.54. The van der Waals surface area contributed by atoms with Crippen LogP contribution in [0.1, 0.15) is 39.7 Å². The zero-order valence-electron chi connectivity index (χ0n) is 12.9. The van der Waals surface area contributed by atoms with E-state index in [0.717, 1.165) is 25.1 Å². The molecular formula is C17H25NO2. The van der Waals surface area contributed by atoms with E-state index < -0.39 is 0 Å². The molecule has 2 aliphatic rings. The summed E-state index contributed by atoms with van der Waals surface area (Å²) in [4.78, 5) is 0. The fourth-order valence-electron chi connectivity index (χ4n) is 3.52. The Morgan fingerprint density at radius 3 is 2.60 bits per heavy atom. The molecule has 0 amide bonds. The van der Waals surface area contributed by atoms with Gasteiger partial charge in [0, 0.05) is 19.0 Å². The first-order valence-corrected chi connectivity index (χ1v) is 7.54. The summed E-state index contributed by atoms with van der Waals surface area (Å²) in [5.74, 6) is 1.04. The monoisotopic (exact) mass is 275 g/mol. The summed E-state index contributed by atoms with van der Waals surface area (Å²) in [5, 5.41) is 3.65. The van der Waals surface area contributed by atoms with E-state index in [-0.39, 0.29) is 17.3 Å². The van der Waals surface area contributed by atoms with Gasteiger partial charge in [-0.25, -0.2) is 0 Å². The van der Waals surface area contributed by atoms with Crippen LogP contribution in [-0.2, 0) is 11.2 Å². The Kier molecular flexibility index (Phi) is 3.30. The van der Waals surface area contributed by atoms with E-state index in [1.165, 1.54) is 5.56 Å². The van der Waals surface area contributed by atoms with E-state index in [1.54, 1.807) is 0 Å². The lowest BCUT2D eigenvalue weighted by Gasteiger charge is -2.28. The van der Waals surface area contributed by atoms with Gasteiger partial charge in [0.2, 0.25) is 0 Å². The van der Waals surface area contributed by atoms with Crippen LogP contribution in [0.25, 0.3) is 0 Å². The van der Waals surface area contributed by atoms with Crippen molar-refractivity contribution in [3.63, 3.8) is 0 Å². The molecule has 0 aromatic heterocycles. The predicted octanol–water partition coefficient (Wildman–Crippen LogP) is 2.93. The molecule has 2 aliphatic heterocycles. The van der Waals surface area contributed by atoms with Gasteiger partial charge in [-0.3, -0.25) is 0 Å². The number of hydrogen-bond donors (Lipinski definition) is 1. The Balaban J connectivity index is 1.57. The number of rotatable bonds is 3. The second-order valence-electron chi connectivity index (χ2n) is 7.18. The molecule has 2 heterocycles. The predicted molar refractivity (Wildman–Crippen MR) is 80.2 cm³/mol. The maximum Gasteiger partial charge on any atom is 0.123 e. The second kappa shape index (κ2) is 4.74. The van der Waals surface area contributed by atoms with Crippen LogP contribution < -0.4 is 10.1 Å². The summed E-state index contributed by atoms with van der Waals surface area (Å²) < 4.78 is 12.1. The topological polar surface area (TPSA) is 30.5 Å². The Morgan fingerprint density at radius 2 is 1.95 bits per heavy atom. The highest BCUT2D eigenvalue weighted by atomic mass is 16.5. The van der Waals surface area contributed by atoms with Gasteiger partial charge in [0.05, 0.1) is 11.2 Å². The second-order valence-corrected chi connectivity index (χ2v) is 7.18. The van der Waals surface area contributed by atoms with Crippen molar-refractivity contribution in [1.29, 1.82) is 0 Å². The third-order valence-corrected chi connectivity index (χ3v) is 4.38. The van der Waals surface area contributed by atoms with Gasteiger partial charge < -0.3 is 14.8 Å². The normalized spacial score (nSPS) is 30.0. The number of nitrogens with one attached hydrogen (secondary N) is 1. The van der Waals surface area contributed by atoms with E-state index in [9.17, 15) is 0 Å². The van der Waals surface area contributed by atoms with E-state index in [4.69, 9.17) is 9.47 Å². The van der Waals surface area contributed by atoms with Crippen LogP contribution in [-0.4, -0.2) is 29.9 Å². The summed E-state index contributed by atoms with van der Waals surface area (Å²) in [6, 6.07) is 8.70. The van der Waals surface area contributed by atoms with Gasteiger partial charge in [0.25, 0.3) is 0 Å². The van der Waals surface area contributed by atoms with Gasteiger partial charge in [-0.2, -0.15) is 0 Å².